The van der Waals surface area contributed by atoms with Gasteiger partial charge in [0.15, 0.2) is 0 Å². The summed E-state index contributed by atoms with van der Waals surface area (Å²) in [5.41, 5.74) is 3.72. The first kappa shape index (κ1) is 17.6. The Balaban J connectivity index is 1.68. The van der Waals surface area contributed by atoms with Gasteiger partial charge in [-0.15, -0.1) is 0 Å². The number of rotatable bonds is 3. The quantitative estimate of drug-likeness (QED) is 0.827. The van der Waals surface area contributed by atoms with Crippen LogP contribution in [0.15, 0.2) is 59.0 Å². The summed E-state index contributed by atoms with van der Waals surface area (Å²) < 4.78 is 5.68. The number of aromatic nitrogens is 2. The average Bonchev–Trinajstić information content (AvgIpc) is 2.80. The summed E-state index contributed by atoms with van der Waals surface area (Å²) >= 11 is 0. The second kappa shape index (κ2) is 7.53. The highest BCUT2D eigenvalue weighted by molar-refractivity contribution is 6.14. The van der Waals surface area contributed by atoms with Gasteiger partial charge < -0.3 is 4.74 Å². The lowest BCUT2D eigenvalue weighted by Gasteiger charge is -2.53. The molecular formula is C22H25N5O. The molecule has 2 aromatic heterocycles. The van der Waals surface area contributed by atoms with Crippen LogP contribution in [0.5, 0.6) is 0 Å². The van der Waals surface area contributed by atoms with Gasteiger partial charge in [-0.05, 0) is 37.1 Å². The lowest BCUT2D eigenvalue weighted by Crippen LogP contribution is -2.66. The van der Waals surface area contributed by atoms with Crippen LogP contribution in [0.3, 0.4) is 0 Å². The van der Waals surface area contributed by atoms with Crippen molar-refractivity contribution >= 4 is 11.4 Å². The fraction of sp³-hybridized carbons (Fsp3) is 0.455. The second-order valence-electron chi connectivity index (χ2n) is 7.69. The van der Waals surface area contributed by atoms with Crippen molar-refractivity contribution in [1.29, 1.82) is 0 Å². The van der Waals surface area contributed by atoms with Crippen molar-refractivity contribution in [2.24, 2.45) is 16.1 Å². The summed E-state index contributed by atoms with van der Waals surface area (Å²) in [7, 11) is 0. The molecule has 0 aromatic carbocycles. The van der Waals surface area contributed by atoms with Gasteiger partial charge in [0, 0.05) is 31.4 Å². The first-order valence-electron chi connectivity index (χ1n) is 10.2. The van der Waals surface area contributed by atoms with Gasteiger partial charge >= 0.3 is 0 Å². The predicted molar refractivity (Wildman–Crippen MR) is 109 cm³/mol. The molecule has 2 unspecified atom stereocenters. The normalized spacial score (nSPS) is 28.2. The van der Waals surface area contributed by atoms with Crippen molar-refractivity contribution in [3.63, 3.8) is 0 Å². The molecule has 0 spiro atoms. The minimum Gasteiger partial charge on any atom is -0.379 e. The summed E-state index contributed by atoms with van der Waals surface area (Å²) in [6.07, 6.45) is 8.25. The number of morpholine rings is 1. The molecule has 2 atom stereocenters. The molecule has 5 rings (SSSR count). The molecule has 4 heterocycles. The van der Waals surface area contributed by atoms with E-state index < -0.39 is 0 Å². The summed E-state index contributed by atoms with van der Waals surface area (Å²) in [6, 6.07) is 12.1. The van der Waals surface area contributed by atoms with Gasteiger partial charge in [0.1, 0.15) is 5.71 Å². The van der Waals surface area contributed by atoms with Crippen LogP contribution in [0.2, 0.25) is 0 Å². The topological polar surface area (TPSA) is 63.0 Å². The number of ether oxygens (including phenoxy) is 1. The van der Waals surface area contributed by atoms with E-state index in [2.05, 4.69) is 27.0 Å². The van der Waals surface area contributed by atoms with Crippen LogP contribution < -0.4 is 0 Å². The summed E-state index contributed by atoms with van der Waals surface area (Å²) in [5, 5.41) is 9.53. The number of pyridine rings is 2. The van der Waals surface area contributed by atoms with Gasteiger partial charge in [-0.25, -0.2) is 0 Å². The Kier molecular flexibility index (Phi) is 4.74. The number of fused-ring (bicyclic) bond motifs is 1. The molecule has 6 heteroatoms. The Morgan fingerprint density at radius 3 is 2.36 bits per heavy atom. The maximum Gasteiger partial charge on any atom is 0.110 e. The van der Waals surface area contributed by atoms with Gasteiger partial charge in [-0.1, -0.05) is 25.0 Å². The zero-order valence-corrected chi connectivity index (χ0v) is 16.0. The van der Waals surface area contributed by atoms with Gasteiger partial charge in [0.2, 0.25) is 0 Å². The maximum atomic E-state index is 5.68. The highest BCUT2D eigenvalue weighted by atomic mass is 16.5. The molecule has 1 saturated carbocycles. The first-order chi connectivity index (χ1) is 13.9. The van der Waals surface area contributed by atoms with Gasteiger partial charge in [-0.3, -0.25) is 14.9 Å². The third-order valence-electron chi connectivity index (χ3n) is 6.29. The van der Waals surface area contributed by atoms with Crippen LogP contribution in [0.25, 0.3) is 0 Å². The highest BCUT2D eigenvalue weighted by Crippen LogP contribution is 2.45. The fourth-order valence-corrected chi connectivity index (χ4v) is 5.07. The van der Waals surface area contributed by atoms with Crippen LogP contribution in [0.4, 0.5) is 0 Å². The van der Waals surface area contributed by atoms with Crippen molar-refractivity contribution < 1.29 is 4.74 Å². The molecular weight excluding hydrogens is 350 g/mol. The number of nitrogens with zero attached hydrogens (tertiary/aromatic N) is 5. The van der Waals surface area contributed by atoms with Crippen molar-refractivity contribution in [2.45, 2.75) is 31.2 Å². The lowest BCUT2D eigenvalue weighted by atomic mass is 9.65. The van der Waals surface area contributed by atoms with E-state index in [9.17, 15) is 0 Å². The molecule has 0 N–H and O–H groups in total. The zero-order chi connectivity index (χ0) is 18.8. The molecule has 0 radical (unpaired) electrons. The predicted octanol–water partition coefficient (Wildman–Crippen LogP) is 2.94. The van der Waals surface area contributed by atoms with Crippen molar-refractivity contribution in [3.8, 4) is 0 Å². The zero-order valence-electron chi connectivity index (χ0n) is 16.0. The average molecular weight is 375 g/mol. The van der Waals surface area contributed by atoms with Crippen LogP contribution in [0, 0.1) is 5.92 Å². The Hall–Kier alpha value is -2.44. The van der Waals surface area contributed by atoms with Crippen LogP contribution in [-0.4, -0.2) is 58.1 Å². The lowest BCUT2D eigenvalue weighted by molar-refractivity contribution is -0.0206. The Morgan fingerprint density at radius 2 is 1.64 bits per heavy atom. The fourth-order valence-electron chi connectivity index (χ4n) is 5.07. The van der Waals surface area contributed by atoms with E-state index in [0.717, 1.165) is 62.0 Å². The van der Waals surface area contributed by atoms with Gasteiger partial charge in [0.05, 0.1) is 35.9 Å². The molecule has 3 aliphatic rings. The molecule has 1 aliphatic carbocycles. The Bertz CT molecular complexity index is 876. The largest absolute Gasteiger partial charge is 0.379 e. The van der Waals surface area contributed by atoms with E-state index in [-0.39, 0.29) is 11.5 Å². The van der Waals surface area contributed by atoms with Crippen molar-refractivity contribution in [2.75, 3.05) is 26.3 Å². The first-order valence-corrected chi connectivity index (χ1v) is 10.2. The molecule has 0 bridgehead atoms. The van der Waals surface area contributed by atoms with Crippen molar-refractivity contribution in [3.05, 3.63) is 60.2 Å². The van der Waals surface area contributed by atoms with Gasteiger partial charge in [0.25, 0.3) is 0 Å². The van der Waals surface area contributed by atoms with Crippen LogP contribution in [-0.2, 0) is 4.74 Å². The van der Waals surface area contributed by atoms with E-state index in [1.807, 2.05) is 36.7 Å². The third-order valence-corrected chi connectivity index (χ3v) is 6.29. The summed E-state index contributed by atoms with van der Waals surface area (Å²) in [6.45, 7) is 3.36. The van der Waals surface area contributed by atoms with Gasteiger partial charge in [-0.2, -0.15) is 10.2 Å². The Morgan fingerprint density at radius 1 is 0.893 bits per heavy atom. The molecule has 144 valence electrons. The second-order valence-corrected chi connectivity index (χ2v) is 7.69. The number of hydrogen-bond donors (Lipinski definition) is 0. The smallest absolute Gasteiger partial charge is 0.110 e. The van der Waals surface area contributed by atoms with E-state index in [1.165, 1.54) is 12.8 Å². The third kappa shape index (κ3) is 2.88. The minimum atomic E-state index is -0.189. The minimum absolute atomic E-state index is 0.189. The standard InChI is InChI=1S/C22H25N5O/c1-4-10-22(27-13-15-28-16-14-27)17(7-1)20(18-8-2-5-11-23-18)25-26-21(22)19-9-3-6-12-24-19/h2-3,5-6,8-9,11-12,17H,1,4,7,10,13-16H2. The maximum absolute atomic E-state index is 5.68. The molecule has 6 nitrogen and oxygen atoms in total. The number of hydrogen-bond acceptors (Lipinski definition) is 6. The molecule has 2 aromatic rings. The molecule has 28 heavy (non-hydrogen) atoms. The molecule has 2 fully saturated rings. The van der Waals surface area contributed by atoms with E-state index in [4.69, 9.17) is 14.9 Å². The van der Waals surface area contributed by atoms with E-state index in [0.29, 0.717) is 0 Å². The summed E-state index contributed by atoms with van der Waals surface area (Å²) in [5.74, 6) is 0.267. The molecule has 0 amide bonds. The highest BCUT2D eigenvalue weighted by Gasteiger charge is 2.54. The molecule has 1 saturated heterocycles. The Labute approximate surface area is 165 Å². The van der Waals surface area contributed by atoms with Crippen LogP contribution >= 0.6 is 0 Å². The van der Waals surface area contributed by atoms with E-state index >= 15 is 0 Å². The SMILES string of the molecule is c1ccc(C2=NN=C(c3ccccn3)C3(N4CCOCC4)CCCCC23)nc1. The van der Waals surface area contributed by atoms with E-state index in [1.54, 1.807) is 0 Å². The molecule has 2 aliphatic heterocycles. The van der Waals surface area contributed by atoms with Crippen molar-refractivity contribution in [1.82, 2.24) is 14.9 Å². The summed E-state index contributed by atoms with van der Waals surface area (Å²) in [4.78, 5) is 11.9. The van der Waals surface area contributed by atoms with Crippen LogP contribution in [0.1, 0.15) is 37.1 Å². The monoisotopic (exact) mass is 375 g/mol.